The van der Waals surface area contributed by atoms with Crippen LogP contribution in [0, 0.1) is 0 Å². The first-order valence-corrected chi connectivity index (χ1v) is 9.08. The van der Waals surface area contributed by atoms with Crippen molar-refractivity contribution in [2.75, 3.05) is 0 Å². The van der Waals surface area contributed by atoms with Gasteiger partial charge in [0.05, 0.1) is 18.0 Å². The second-order valence-electron chi connectivity index (χ2n) is 6.93. The third kappa shape index (κ3) is 3.74. The van der Waals surface area contributed by atoms with Gasteiger partial charge in [-0.2, -0.15) is 0 Å². The van der Waals surface area contributed by atoms with E-state index in [1.807, 2.05) is 6.07 Å². The monoisotopic (exact) mass is 394 g/mol. The van der Waals surface area contributed by atoms with Gasteiger partial charge in [0, 0.05) is 12.1 Å². The molecule has 2 heterocycles. The quantitative estimate of drug-likeness (QED) is 0.463. The van der Waals surface area contributed by atoms with Gasteiger partial charge in [-0.25, -0.2) is 9.79 Å². The van der Waals surface area contributed by atoms with Crippen molar-refractivity contribution >= 4 is 25.0 Å². The Morgan fingerprint density at radius 2 is 2.07 bits per heavy atom. The van der Waals surface area contributed by atoms with E-state index >= 15 is 0 Å². The third-order valence-electron chi connectivity index (χ3n) is 5.01. The SMILES string of the molecule is NC1=NCc2cc(C(=O)NC3Cc4cccc(C(=O)O)c4OB3O)ccc2CN1. The summed E-state index contributed by atoms with van der Waals surface area (Å²) in [5.41, 5.74) is 8.61. The molecule has 2 aliphatic heterocycles. The Kier molecular flexibility index (Phi) is 4.85. The molecular formula is C19H19BN4O5. The van der Waals surface area contributed by atoms with Crippen molar-refractivity contribution in [3.05, 3.63) is 64.2 Å². The maximum absolute atomic E-state index is 12.7. The second kappa shape index (κ2) is 7.48. The molecule has 2 aromatic rings. The molecule has 1 amide bonds. The van der Waals surface area contributed by atoms with Gasteiger partial charge in [-0.05, 0) is 41.3 Å². The number of nitrogens with two attached hydrogens (primary N) is 1. The predicted octanol–water partition coefficient (Wildman–Crippen LogP) is 0.0559. The number of aliphatic imine (C=N–C) groups is 1. The van der Waals surface area contributed by atoms with E-state index < -0.39 is 19.0 Å². The molecule has 0 spiro atoms. The zero-order valence-corrected chi connectivity index (χ0v) is 15.4. The highest BCUT2D eigenvalue weighted by Crippen LogP contribution is 2.30. The predicted molar refractivity (Wildman–Crippen MR) is 106 cm³/mol. The summed E-state index contributed by atoms with van der Waals surface area (Å²) in [4.78, 5) is 28.3. The molecule has 0 saturated heterocycles. The molecule has 4 rings (SSSR count). The van der Waals surface area contributed by atoms with Crippen molar-refractivity contribution in [1.82, 2.24) is 10.6 Å². The van der Waals surface area contributed by atoms with Gasteiger partial charge >= 0.3 is 13.1 Å². The molecule has 0 aromatic heterocycles. The third-order valence-corrected chi connectivity index (χ3v) is 5.01. The van der Waals surface area contributed by atoms with Crippen LogP contribution in [0.5, 0.6) is 5.75 Å². The van der Waals surface area contributed by atoms with Crippen molar-refractivity contribution in [2.24, 2.45) is 10.7 Å². The number of nitrogens with one attached hydrogen (secondary N) is 2. The lowest BCUT2D eigenvalue weighted by molar-refractivity contribution is 0.0693. The van der Waals surface area contributed by atoms with Crippen LogP contribution in [0.2, 0.25) is 0 Å². The van der Waals surface area contributed by atoms with E-state index in [0.29, 0.717) is 30.2 Å². The van der Waals surface area contributed by atoms with Crippen molar-refractivity contribution in [3.8, 4) is 5.75 Å². The minimum Gasteiger partial charge on any atom is -0.534 e. The summed E-state index contributed by atoms with van der Waals surface area (Å²) in [6.07, 6.45) is 0.249. The maximum Gasteiger partial charge on any atom is 0.547 e. The molecule has 6 N–H and O–H groups in total. The number of guanidine groups is 1. The summed E-state index contributed by atoms with van der Waals surface area (Å²) in [5.74, 6) is -1.74. The molecule has 29 heavy (non-hydrogen) atoms. The number of nitrogens with zero attached hydrogens (tertiary/aromatic N) is 1. The Labute approximate surface area is 166 Å². The van der Waals surface area contributed by atoms with Gasteiger partial charge in [-0.1, -0.05) is 18.2 Å². The van der Waals surface area contributed by atoms with Crippen LogP contribution in [0.15, 0.2) is 41.4 Å². The van der Waals surface area contributed by atoms with E-state index in [9.17, 15) is 19.7 Å². The topological polar surface area (TPSA) is 146 Å². The fourth-order valence-electron chi connectivity index (χ4n) is 3.47. The summed E-state index contributed by atoms with van der Waals surface area (Å²) >= 11 is 0. The minimum absolute atomic E-state index is 0.0227. The number of carboxylic acid groups (broad SMARTS) is 1. The van der Waals surface area contributed by atoms with Crippen LogP contribution in [0.25, 0.3) is 0 Å². The Morgan fingerprint density at radius 3 is 2.86 bits per heavy atom. The molecule has 148 valence electrons. The van der Waals surface area contributed by atoms with Crippen molar-refractivity contribution in [2.45, 2.75) is 25.5 Å². The number of rotatable bonds is 3. The summed E-state index contributed by atoms with van der Waals surface area (Å²) in [6, 6.07) is 10.0. The number of fused-ring (bicyclic) bond motifs is 2. The van der Waals surface area contributed by atoms with Crippen LogP contribution in [0.4, 0.5) is 0 Å². The first kappa shape index (κ1) is 18.8. The highest BCUT2D eigenvalue weighted by atomic mass is 16.5. The number of carbonyl (C=O) groups excluding carboxylic acids is 1. The van der Waals surface area contributed by atoms with E-state index in [4.69, 9.17) is 10.4 Å². The van der Waals surface area contributed by atoms with E-state index in [-0.39, 0.29) is 23.6 Å². The van der Waals surface area contributed by atoms with E-state index in [2.05, 4.69) is 15.6 Å². The summed E-state index contributed by atoms with van der Waals surface area (Å²) in [7, 11) is -1.36. The summed E-state index contributed by atoms with van der Waals surface area (Å²) in [5, 5.41) is 25.3. The molecule has 0 aliphatic carbocycles. The molecule has 2 aliphatic rings. The van der Waals surface area contributed by atoms with Crippen LogP contribution < -0.4 is 21.0 Å². The van der Waals surface area contributed by atoms with Gasteiger partial charge in [0.2, 0.25) is 0 Å². The summed E-state index contributed by atoms with van der Waals surface area (Å²) in [6.45, 7) is 0.903. The van der Waals surface area contributed by atoms with Gasteiger partial charge < -0.3 is 31.2 Å². The highest BCUT2D eigenvalue weighted by Gasteiger charge is 2.37. The van der Waals surface area contributed by atoms with E-state index in [0.717, 1.165) is 11.1 Å². The zero-order chi connectivity index (χ0) is 20.5. The molecule has 1 unspecified atom stereocenters. The molecule has 10 heteroatoms. The number of amides is 1. The summed E-state index contributed by atoms with van der Waals surface area (Å²) < 4.78 is 5.41. The second-order valence-corrected chi connectivity index (χ2v) is 6.93. The largest absolute Gasteiger partial charge is 0.547 e. The van der Waals surface area contributed by atoms with Crippen molar-refractivity contribution in [3.63, 3.8) is 0 Å². The molecule has 0 bridgehead atoms. The standard InChI is InChI=1S/C19H19BN4O5/c21-19-22-8-12-5-4-11(6-13(12)9-23-19)17(25)24-15-7-10-2-1-3-14(18(26)27)16(10)29-20(15)28/h1-6,15,28H,7-9H2,(H,24,25)(H,26,27)(H3,21,22,23). The Balaban J connectivity index is 1.52. The molecule has 2 aromatic carbocycles. The van der Waals surface area contributed by atoms with E-state index in [1.165, 1.54) is 6.07 Å². The van der Waals surface area contributed by atoms with Gasteiger partial charge in [-0.15, -0.1) is 0 Å². The molecule has 0 fully saturated rings. The minimum atomic E-state index is -1.36. The van der Waals surface area contributed by atoms with Crippen LogP contribution in [0.3, 0.4) is 0 Å². The van der Waals surface area contributed by atoms with E-state index in [1.54, 1.807) is 24.3 Å². The molecule has 1 atom stereocenters. The van der Waals surface area contributed by atoms with Gasteiger partial charge in [0.1, 0.15) is 5.75 Å². The van der Waals surface area contributed by atoms with Crippen molar-refractivity contribution in [1.29, 1.82) is 0 Å². The molecule has 9 nitrogen and oxygen atoms in total. The number of para-hydroxylation sites is 1. The van der Waals surface area contributed by atoms with Crippen LogP contribution >= 0.6 is 0 Å². The number of carboxylic acids is 1. The van der Waals surface area contributed by atoms with Crippen LogP contribution in [0.1, 0.15) is 37.4 Å². The average Bonchev–Trinajstić information content (AvgIpc) is 2.89. The molecule has 0 radical (unpaired) electrons. The first-order chi connectivity index (χ1) is 13.9. The smallest absolute Gasteiger partial charge is 0.534 e. The number of hydrogen-bond donors (Lipinski definition) is 5. The lowest BCUT2D eigenvalue weighted by Crippen LogP contribution is -2.53. The van der Waals surface area contributed by atoms with Gasteiger partial charge in [-0.3, -0.25) is 4.79 Å². The molecular weight excluding hydrogens is 375 g/mol. The highest BCUT2D eigenvalue weighted by molar-refractivity contribution is 6.47. The van der Waals surface area contributed by atoms with Crippen LogP contribution in [-0.4, -0.2) is 41.0 Å². The van der Waals surface area contributed by atoms with Crippen molar-refractivity contribution < 1.29 is 24.4 Å². The number of aromatic carboxylic acids is 1. The normalized spacial score (nSPS) is 17.6. The molecule has 0 saturated carbocycles. The Hall–Kier alpha value is -3.53. The lowest BCUT2D eigenvalue weighted by atomic mass is 9.72. The number of hydrogen-bond acceptors (Lipinski definition) is 7. The zero-order valence-electron chi connectivity index (χ0n) is 15.4. The fraction of sp³-hybridized carbons (Fsp3) is 0.211. The number of benzene rings is 2. The Morgan fingerprint density at radius 1 is 1.24 bits per heavy atom. The average molecular weight is 394 g/mol. The van der Waals surface area contributed by atoms with Gasteiger partial charge in [0.15, 0.2) is 5.96 Å². The van der Waals surface area contributed by atoms with Crippen LogP contribution in [-0.2, 0) is 19.5 Å². The maximum atomic E-state index is 12.7. The van der Waals surface area contributed by atoms with Gasteiger partial charge in [0.25, 0.3) is 5.91 Å². The number of carbonyl (C=O) groups is 2. The lowest BCUT2D eigenvalue weighted by Gasteiger charge is -2.29. The fourth-order valence-corrected chi connectivity index (χ4v) is 3.47. The first-order valence-electron chi connectivity index (χ1n) is 9.08. The Bertz CT molecular complexity index is 1030.